The first-order chi connectivity index (χ1) is 7.15. The zero-order valence-corrected chi connectivity index (χ0v) is 10.6. The molecule has 0 amide bonds. The standard InChI is InChI=1S/C12H26N2O/c1-10(2)12(9-15-4)14-7-5-6-13-11(3)8-14/h10-13H,5-9H2,1-4H3. The van der Waals surface area contributed by atoms with Crippen LogP contribution in [0.2, 0.25) is 0 Å². The van der Waals surface area contributed by atoms with Crippen LogP contribution in [0.5, 0.6) is 0 Å². The number of rotatable bonds is 4. The van der Waals surface area contributed by atoms with Crippen LogP contribution < -0.4 is 5.32 Å². The molecule has 0 saturated carbocycles. The lowest BCUT2D eigenvalue weighted by Gasteiger charge is -2.34. The monoisotopic (exact) mass is 214 g/mol. The van der Waals surface area contributed by atoms with Crippen LogP contribution in [0, 0.1) is 5.92 Å². The van der Waals surface area contributed by atoms with Crippen molar-refractivity contribution in [2.75, 3.05) is 33.4 Å². The summed E-state index contributed by atoms with van der Waals surface area (Å²) in [6.07, 6.45) is 1.25. The minimum Gasteiger partial charge on any atom is -0.383 e. The lowest BCUT2D eigenvalue weighted by Crippen LogP contribution is -2.46. The molecular weight excluding hydrogens is 188 g/mol. The van der Waals surface area contributed by atoms with Crippen LogP contribution in [0.4, 0.5) is 0 Å². The van der Waals surface area contributed by atoms with Gasteiger partial charge in [-0.25, -0.2) is 0 Å². The van der Waals surface area contributed by atoms with E-state index in [1.807, 2.05) is 0 Å². The van der Waals surface area contributed by atoms with Crippen molar-refractivity contribution >= 4 is 0 Å². The lowest BCUT2D eigenvalue weighted by atomic mass is 10.0. The SMILES string of the molecule is COCC(C(C)C)N1CCCNC(C)C1. The molecule has 0 aliphatic carbocycles. The average Bonchev–Trinajstić information content (AvgIpc) is 2.38. The van der Waals surface area contributed by atoms with Gasteiger partial charge in [0.15, 0.2) is 0 Å². The number of methoxy groups -OCH3 is 1. The number of hydrogen-bond donors (Lipinski definition) is 1. The van der Waals surface area contributed by atoms with E-state index < -0.39 is 0 Å². The van der Waals surface area contributed by atoms with Gasteiger partial charge in [-0.15, -0.1) is 0 Å². The maximum Gasteiger partial charge on any atom is 0.0620 e. The molecule has 2 atom stereocenters. The Kier molecular flexibility index (Phi) is 5.58. The Morgan fingerprint density at radius 2 is 2.20 bits per heavy atom. The second kappa shape index (κ2) is 6.46. The molecule has 0 aromatic heterocycles. The third-order valence-corrected chi connectivity index (χ3v) is 3.20. The summed E-state index contributed by atoms with van der Waals surface area (Å²) in [5.41, 5.74) is 0. The van der Waals surface area contributed by atoms with E-state index in [9.17, 15) is 0 Å². The summed E-state index contributed by atoms with van der Waals surface area (Å²) < 4.78 is 5.33. The Morgan fingerprint density at radius 3 is 2.80 bits per heavy atom. The molecular formula is C12H26N2O. The molecule has 0 aromatic rings. The van der Waals surface area contributed by atoms with E-state index in [1.165, 1.54) is 13.0 Å². The van der Waals surface area contributed by atoms with Crippen molar-refractivity contribution < 1.29 is 4.74 Å². The highest BCUT2D eigenvalue weighted by atomic mass is 16.5. The topological polar surface area (TPSA) is 24.5 Å². The largest absolute Gasteiger partial charge is 0.383 e. The molecule has 0 spiro atoms. The van der Waals surface area contributed by atoms with Crippen molar-refractivity contribution in [2.45, 2.75) is 39.3 Å². The number of nitrogens with zero attached hydrogens (tertiary/aromatic N) is 1. The van der Waals surface area contributed by atoms with Gasteiger partial charge in [-0.2, -0.15) is 0 Å². The first-order valence-electron chi connectivity index (χ1n) is 6.11. The van der Waals surface area contributed by atoms with Gasteiger partial charge in [-0.05, 0) is 32.4 Å². The summed E-state index contributed by atoms with van der Waals surface area (Å²) in [6.45, 7) is 11.2. The van der Waals surface area contributed by atoms with Crippen LogP contribution in [0.15, 0.2) is 0 Å². The van der Waals surface area contributed by atoms with Gasteiger partial charge in [-0.3, -0.25) is 4.90 Å². The van der Waals surface area contributed by atoms with E-state index in [0.717, 1.165) is 19.7 Å². The molecule has 1 rings (SSSR count). The van der Waals surface area contributed by atoms with E-state index >= 15 is 0 Å². The first-order valence-corrected chi connectivity index (χ1v) is 6.11. The Bertz CT molecular complexity index is 173. The number of hydrogen-bond acceptors (Lipinski definition) is 3. The third kappa shape index (κ3) is 4.09. The molecule has 90 valence electrons. The van der Waals surface area contributed by atoms with E-state index in [4.69, 9.17) is 4.74 Å². The molecule has 3 heteroatoms. The Hall–Kier alpha value is -0.120. The van der Waals surface area contributed by atoms with Crippen molar-refractivity contribution in [1.82, 2.24) is 10.2 Å². The summed E-state index contributed by atoms with van der Waals surface area (Å²) in [5.74, 6) is 0.662. The highest BCUT2D eigenvalue weighted by molar-refractivity contribution is 4.80. The molecule has 0 bridgehead atoms. The van der Waals surface area contributed by atoms with Crippen LogP contribution in [0.3, 0.4) is 0 Å². The minimum absolute atomic E-state index is 0.567. The van der Waals surface area contributed by atoms with Gasteiger partial charge in [0.2, 0.25) is 0 Å². The highest BCUT2D eigenvalue weighted by Crippen LogP contribution is 2.14. The third-order valence-electron chi connectivity index (χ3n) is 3.20. The van der Waals surface area contributed by atoms with Gasteiger partial charge in [0.05, 0.1) is 6.61 Å². The fourth-order valence-corrected chi connectivity index (χ4v) is 2.33. The van der Waals surface area contributed by atoms with Crippen LogP contribution in [-0.4, -0.2) is 50.3 Å². The smallest absolute Gasteiger partial charge is 0.0620 e. The summed E-state index contributed by atoms with van der Waals surface area (Å²) in [7, 11) is 1.80. The Morgan fingerprint density at radius 1 is 1.47 bits per heavy atom. The Labute approximate surface area is 94.2 Å². The molecule has 0 aromatic carbocycles. The zero-order valence-electron chi connectivity index (χ0n) is 10.6. The predicted octanol–water partition coefficient (Wildman–Crippen LogP) is 1.34. The molecule has 15 heavy (non-hydrogen) atoms. The fourth-order valence-electron chi connectivity index (χ4n) is 2.33. The maximum absolute atomic E-state index is 5.33. The summed E-state index contributed by atoms with van der Waals surface area (Å²) in [5, 5.41) is 3.53. The van der Waals surface area contributed by atoms with Gasteiger partial charge in [0.1, 0.15) is 0 Å². The average molecular weight is 214 g/mol. The van der Waals surface area contributed by atoms with Crippen molar-refractivity contribution in [2.24, 2.45) is 5.92 Å². The van der Waals surface area contributed by atoms with Crippen LogP contribution in [-0.2, 0) is 4.74 Å². The molecule has 1 aliphatic rings. The fraction of sp³-hybridized carbons (Fsp3) is 1.00. The highest BCUT2D eigenvalue weighted by Gasteiger charge is 2.24. The Balaban J connectivity index is 2.55. The van der Waals surface area contributed by atoms with E-state index in [2.05, 4.69) is 31.0 Å². The summed E-state index contributed by atoms with van der Waals surface area (Å²) in [6, 6.07) is 1.17. The van der Waals surface area contributed by atoms with E-state index in [1.54, 1.807) is 7.11 Å². The van der Waals surface area contributed by atoms with Gasteiger partial charge >= 0.3 is 0 Å². The summed E-state index contributed by atoms with van der Waals surface area (Å²) in [4.78, 5) is 2.58. The van der Waals surface area contributed by atoms with Crippen molar-refractivity contribution in [3.8, 4) is 0 Å². The van der Waals surface area contributed by atoms with E-state index in [-0.39, 0.29) is 0 Å². The molecule has 3 nitrogen and oxygen atoms in total. The van der Waals surface area contributed by atoms with Crippen molar-refractivity contribution in [1.29, 1.82) is 0 Å². The van der Waals surface area contributed by atoms with Crippen LogP contribution in [0.1, 0.15) is 27.2 Å². The van der Waals surface area contributed by atoms with Crippen molar-refractivity contribution in [3.63, 3.8) is 0 Å². The number of nitrogens with one attached hydrogen (secondary N) is 1. The van der Waals surface area contributed by atoms with Gasteiger partial charge in [0.25, 0.3) is 0 Å². The van der Waals surface area contributed by atoms with Crippen LogP contribution >= 0.6 is 0 Å². The second-order valence-electron chi connectivity index (χ2n) is 4.97. The second-order valence-corrected chi connectivity index (χ2v) is 4.97. The molecule has 1 saturated heterocycles. The molecule has 2 unspecified atom stereocenters. The molecule has 1 fully saturated rings. The van der Waals surface area contributed by atoms with E-state index in [0.29, 0.717) is 18.0 Å². The summed E-state index contributed by atoms with van der Waals surface area (Å²) >= 11 is 0. The quantitative estimate of drug-likeness (QED) is 0.764. The lowest BCUT2D eigenvalue weighted by molar-refractivity contribution is 0.0641. The number of ether oxygens (including phenoxy) is 1. The molecule has 1 aliphatic heterocycles. The minimum atomic E-state index is 0.567. The predicted molar refractivity (Wildman–Crippen MR) is 64.2 cm³/mol. The maximum atomic E-state index is 5.33. The van der Waals surface area contributed by atoms with Gasteiger partial charge in [-0.1, -0.05) is 13.8 Å². The van der Waals surface area contributed by atoms with Crippen LogP contribution in [0.25, 0.3) is 0 Å². The molecule has 1 heterocycles. The first kappa shape index (κ1) is 12.9. The van der Waals surface area contributed by atoms with Gasteiger partial charge < -0.3 is 10.1 Å². The normalized spacial score (nSPS) is 26.6. The van der Waals surface area contributed by atoms with Crippen molar-refractivity contribution in [3.05, 3.63) is 0 Å². The molecule has 1 N–H and O–H groups in total. The molecule has 0 radical (unpaired) electrons. The zero-order chi connectivity index (χ0) is 11.3. The van der Waals surface area contributed by atoms with Gasteiger partial charge in [0, 0.05) is 25.7 Å².